The number of aryl methyl sites for hydroxylation is 1. The van der Waals surface area contributed by atoms with Crippen LogP contribution in [0.25, 0.3) is 0 Å². The van der Waals surface area contributed by atoms with Crippen molar-refractivity contribution >= 4 is 21.4 Å². The maximum absolute atomic E-state index is 11.9. The molecule has 1 amide bonds. The van der Waals surface area contributed by atoms with Crippen molar-refractivity contribution in [3.05, 3.63) is 23.8 Å². The third-order valence-electron chi connectivity index (χ3n) is 2.71. The van der Waals surface area contributed by atoms with Gasteiger partial charge in [0.25, 0.3) is 0 Å². The predicted molar refractivity (Wildman–Crippen MR) is 75.3 cm³/mol. The lowest BCUT2D eigenvalue weighted by Crippen LogP contribution is -2.31. The highest BCUT2D eigenvalue weighted by molar-refractivity contribution is 7.92. The summed E-state index contributed by atoms with van der Waals surface area (Å²) in [6, 6.07) is 5.32. The molecule has 0 saturated heterocycles. The number of benzene rings is 1. The van der Waals surface area contributed by atoms with Crippen molar-refractivity contribution in [3.63, 3.8) is 0 Å². The molecule has 0 spiro atoms. The number of carbonyl (C=O) groups is 1. The van der Waals surface area contributed by atoms with E-state index in [1.165, 1.54) is 6.92 Å². The molecule has 6 heteroatoms. The first kappa shape index (κ1) is 15.5. The summed E-state index contributed by atoms with van der Waals surface area (Å²) in [6.07, 6.45) is 1.04. The quantitative estimate of drug-likeness (QED) is 0.895. The smallest absolute Gasteiger partial charge is 0.242 e. The highest BCUT2D eigenvalue weighted by Gasteiger charge is 2.24. The van der Waals surface area contributed by atoms with E-state index in [0.29, 0.717) is 18.0 Å². The SMILES string of the molecule is CCOc1cc(C)ccc1NC(=O)C(C)S(C)(=O)=O. The van der Waals surface area contributed by atoms with Crippen LogP contribution in [0.2, 0.25) is 0 Å². The van der Waals surface area contributed by atoms with Gasteiger partial charge in [0.15, 0.2) is 9.84 Å². The topological polar surface area (TPSA) is 72.5 Å². The Morgan fingerprint density at radius 3 is 2.58 bits per heavy atom. The van der Waals surface area contributed by atoms with E-state index in [1.54, 1.807) is 12.1 Å². The van der Waals surface area contributed by atoms with Crippen LogP contribution in [0.3, 0.4) is 0 Å². The number of carbonyl (C=O) groups excluding carboxylic acids is 1. The van der Waals surface area contributed by atoms with Gasteiger partial charge in [-0.2, -0.15) is 0 Å². The average Bonchev–Trinajstić information content (AvgIpc) is 2.30. The summed E-state index contributed by atoms with van der Waals surface area (Å²) in [7, 11) is -3.41. The van der Waals surface area contributed by atoms with Crippen LogP contribution in [0.4, 0.5) is 5.69 Å². The fourth-order valence-corrected chi connectivity index (χ4v) is 1.88. The lowest BCUT2D eigenvalue weighted by atomic mass is 10.2. The van der Waals surface area contributed by atoms with Gasteiger partial charge in [0.1, 0.15) is 11.0 Å². The molecule has 1 unspecified atom stereocenters. The van der Waals surface area contributed by atoms with Crippen LogP contribution >= 0.6 is 0 Å². The molecule has 0 radical (unpaired) electrons. The average molecular weight is 285 g/mol. The summed E-state index contributed by atoms with van der Waals surface area (Å²) in [5, 5.41) is 1.49. The van der Waals surface area contributed by atoms with Crippen molar-refractivity contribution in [1.82, 2.24) is 0 Å². The van der Waals surface area contributed by atoms with Crippen molar-refractivity contribution in [2.24, 2.45) is 0 Å². The molecule has 106 valence electrons. The largest absolute Gasteiger partial charge is 0.492 e. The van der Waals surface area contributed by atoms with Crippen molar-refractivity contribution in [2.75, 3.05) is 18.2 Å². The first-order valence-electron chi connectivity index (χ1n) is 5.99. The van der Waals surface area contributed by atoms with Gasteiger partial charge in [-0.15, -0.1) is 0 Å². The van der Waals surface area contributed by atoms with Crippen molar-refractivity contribution in [2.45, 2.75) is 26.0 Å². The molecule has 0 saturated carbocycles. The molecule has 0 aliphatic rings. The molecule has 0 bridgehead atoms. The van der Waals surface area contributed by atoms with Crippen molar-refractivity contribution in [3.8, 4) is 5.75 Å². The van der Waals surface area contributed by atoms with Crippen LogP contribution in [-0.2, 0) is 14.6 Å². The molecule has 0 aliphatic carbocycles. The predicted octanol–water partition coefficient (Wildman–Crippen LogP) is 1.77. The summed E-state index contributed by atoms with van der Waals surface area (Å²) in [5.41, 5.74) is 1.48. The number of hydrogen-bond donors (Lipinski definition) is 1. The number of rotatable bonds is 5. The maximum atomic E-state index is 11.9. The van der Waals surface area contributed by atoms with E-state index in [-0.39, 0.29) is 0 Å². The maximum Gasteiger partial charge on any atom is 0.242 e. The minimum Gasteiger partial charge on any atom is -0.492 e. The van der Waals surface area contributed by atoms with Gasteiger partial charge in [-0.05, 0) is 38.5 Å². The molecule has 0 aliphatic heterocycles. The third kappa shape index (κ3) is 4.24. The fraction of sp³-hybridized carbons (Fsp3) is 0.462. The van der Waals surface area contributed by atoms with Crippen LogP contribution in [0.15, 0.2) is 18.2 Å². The van der Waals surface area contributed by atoms with Crippen LogP contribution in [-0.4, -0.2) is 32.4 Å². The molecule has 0 aromatic heterocycles. The Hall–Kier alpha value is -1.56. The van der Waals surface area contributed by atoms with Gasteiger partial charge in [0.05, 0.1) is 12.3 Å². The normalized spacial score (nSPS) is 12.8. The Labute approximate surface area is 113 Å². The number of anilines is 1. The molecular formula is C13H19NO4S. The molecule has 5 nitrogen and oxygen atoms in total. The molecule has 1 atom stereocenters. The van der Waals surface area contributed by atoms with E-state index >= 15 is 0 Å². The highest BCUT2D eigenvalue weighted by Crippen LogP contribution is 2.26. The highest BCUT2D eigenvalue weighted by atomic mass is 32.2. The van der Waals surface area contributed by atoms with Gasteiger partial charge in [-0.3, -0.25) is 4.79 Å². The minimum absolute atomic E-state index is 0.466. The third-order valence-corrected chi connectivity index (χ3v) is 4.20. The minimum atomic E-state index is -3.41. The monoisotopic (exact) mass is 285 g/mol. The molecule has 19 heavy (non-hydrogen) atoms. The summed E-state index contributed by atoms with van der Waals surface area (Å²) < 4.78 is 28.1. The zero-order valence-corrected chi connectivity index (χ0v) is 12.4. The number of ether oxygens (including phenoxy) is 1. The standard InChI is InChI=1S/C13H19NO4S/c1-5-18-12-8-9(2)6-7-11(12)14-13(15)10(3)19(4,16)17/h6-8,10H,5H2,1-4H3,(H,14,15). The van der Waals surface area contributed by atoms with Gasteiger partial charge in [-0.1, -0.05) is 6.07 Å². The summed E-state index contributed by atoms with van der Waals surface area (Å²) in [5.74, 6) is -0.0242. The Kier molecular flexibility index (Phi) is 4.94. The molecule has 1 N–H and O–H groups in total. The fourth-order valence-electron chi connectivity index (χ4n) is 1.44. The molecular weight excluding hydrogens is 266 g/mol. The number of sulfone groups is 1. The van der Waals surface area contributed by atoms with E-state index in [4.69, 9.17) is 4.74 Å². The zero-order chi connectivity index (χ0) is 14.6. The van der Waals surface area contributed by atoms with Gasteiger partial charge in [0.2, 0.25) is 5.91 Å². The molecule has 1 aromatic carbocycles. The van der Waals surface area contributed by atoms with Crippen LogP contribution in [0.1, 0.15) is 19.4 Å². The zero-order valence-electron chi connectivity index (χ0n) is 11.6. The second kappa shape index (κ2) is 6.06. The Morgan fingerprint density at radius 2 is 2.05 bits per heavy atom. The first-order chi connectivity index (χ1) is 8.75. The van der Waals surface area contributed by atoms with Crippen LogP contribution in [0.5, 0.6) is 5.75 Å². The summed E-state index contributed by atoms with van der Waals surface area (Å²) in [4.78, 5) is 11.9. The van der Waals surface area contributed by atoms with Gasteiger partial charge in [-0.25, -0.2) is 8.42 Å². The Bertz CT molecular complexity index is 566. The first-order valence-corrected chi connectivity index (χ1v) is 7.94. The van der Waals surface area contributed by atoms with Gasteiger partial charge >= 0.3 is 0 Å². The second-order valence-electron chi connectivity index (χ2n) is 4.39. The van der Waals surface area contributed by atoms with E-state index in [0.717, 1.165) is 11.8 Å². The van der Waals surface area contributed by atoms with Crippen molar-refractivity contribution < 1.29 is 17.9 Å². The van der Waals surface area contributed by atoms with Crippen molar-refractivity contribution in [1.29, 1.82) is 0 Å². The van der Waals surface area contributed by atoms with E-state index < -0.39 is 21.0 Å². The number of amides is 1. The molecule has 0 fully saturated rings. The van der Waals surface area contributed by atoms with Gasteiger partial charge in [0, 0.05) is 6.26 Å². The Balaban J connectivity index is 2.96. The molecule has 0 heterocycles. The molecule has 1 aromatic rings. The summed E-state index contributed by atoms with van der Waals surface area (Å²) >= 11 is 0. The van der Waals surface area contributed by atoms with Gasteiger partial charge < -0.3 is 10.1 Å². The summed E-state index contributed by atoms with van der Waals surface area (Å²) in [6.45, 7) is 5.58. The second-order valence-corrected chi connectivity index (χ2v) is 6.76. The van der Waals surface area contributed by atoms with E-state index in [2.05, 4.69) is 5.32 Å². The number of nitrogens with one attached hydrogen (secondary N) is 1. The van der Waals surface area contributed by atoms with Crippen LogP contribution < -0.4 is 10.1 Å². The lowest BCUT2D eigenvalue weighted by molar-refractivity contribution is -0.115. The number of hydrogen-bond acceptors (Lipinski definition) is 4. The Morgan fingerprint density at radius 1 is 1.42 bits per heavy atom. The van der Waals surface area contributed by atoms with E-state index in [9.17, 15) is 13.2 Å². The van der Waals surface area contributed by atoms with E-state index in [1.807, 2.05) is 19.9 Å². The van der Waals surface area contributed by atoms with Crippen LogP contribution in [0, 0.1) is 6.92 Å². The molecule has 1 rings (SSSR count). The lowest BCUT2D eigenvalue weighted by Gasteiger charge is -2.14.